The number of amides is 2. The van der Waals surface area contributed by atoms with Gasteiger partial charge < -0.3 is 19.9 Å². The van der Waals surface area contributed by atoms with Crippen LogP contribution in [0.2, 0.25) is 0 Å². The second-order valence-corrected chi connectivity index (χ2v) is 7.49. The van der Waals surface area contributed by atoms with Crippen molar-refractivity contribution in [2.45, 2.75) is 33.4 Å². The number of ether oxygens (including phenoxy) is 1. The van der Waals surface area contributed by atoms with Crippen LogP contribution in [0.4, 0.5) is 10.1 Å². The first-order chi connectivity index (χ1) is 14.2. The lowest BCUT2D eigenvalue weighted by Crippen LogP contribution is -3.15. The van der Waals surface area contributed by atoms with E-state index in [1.165, 1.54) is 18.1 Å². The van der Waals surface area contributed by atoms with Gasteiger partial charge in [-0.3, -0.25) is 9.59 Å². The Morgan fingerprint density at radius 2 is 1.87 bits per heavy atom. The van der Waals surface area contributed by atoms with Crippen molar-refractivity contribution in [1.82, 2.24) is 4.90 Å². The minimum absolute atomic E-state index is 0.0365. The Bertz CT molecular complexity index is 870. The van der Waals surface area contributed by atoms with Gasteiger partial charge in [0.15, 0.2) is 17.6 Å². The predicted molar refractivity (Wildman–Crippen MR) is 115 cm³/mol. The van der Waals surface area contributed by atoms with Crippen LogP contribution >= 0.6 is 0 Å². The largest absolute Gasteiger partial charge is 0.494 e. The van der Waals surface area contributed by atoms with Gasteiger partial charge in [0.1, 0.15) is 6.54 Å². The van der Waals surface area contributed by atoms with Crippen LogP contribution in [0, 0.1) is 12.7 Å². The molecule has 7 heteroatoms. The molecule has 0 saturated carbocycles. The number of hydrogen-bond donors (Lipinski definition) is 2. The lowest BCUT2D eigenvalue weighted by molar-refractivity contribution is -0.926. The molecule has 2 rings (SSSR count). The van der Waals surface area contributed by atoms with Crippen LogP contribution in [0.1, 0.15) is 25.0 Å². The second kappa shape index (κ2) is 10.7. The summed E-state index contributed by atoms with van der Waals surface area (Å²) in [6.45, 7) is 6.92. The van der Waals surface area contributed by atoms with Crippen molar-refractivity contribution >= 4 is 17.5 Å². The summed E-state index contributed by atoms with van der Waals surface area (Å²) in [6, 6.07) is 11.9. The first kappa shape index (κ1) is 23.3. The number of hydrogen-bond acceptors (Lipinski definition) is 3. The second-order valence-electron chi connectivity index (χ2n) is 7.49. The molecule has 2 N–H and O–H groups in total. The summed E-state index contributed by atoms with van der Waals surface area (Å²) in [4.78, 5) is 27.6. The molecule has 0 heterocycles. The fourth-order valence-electron chi connectivity index (χ4n) is 3.30. The Labute approximate surface area is 177 Å². The number of nitrogens with one attached hydrogen (secondary N) is 2. The predicted octanol–water partition coefficient (Wildman–Crippen LogP) is 2.03. The molecule has 0 radical (unpaired) electrons. The van der Waals surface area contributed by atoms with Gasteiger partial charge in [0.25, 0.3) is 5.91 Å². The van der Waals surface area contributed by atoms with Crippen molar-refractivity contribution in [3.8, 4) is 5.75 Å². The summed E-state index contributed by atoms with van der Waals surface area (Å²) in [5, 5.41) is 2.80. The lowest BCUT2D eigenvalue weighted by atomic mass is 10.1. The maximum absolute atomic E-state index is 14.0. The SMILES string of the molecule is CC[NH+](Cc1ccc(OC)c(F)c1)[C@@H](C)C(=O)N(C)CC(=O)Nc1ccc(C)cc1. The van der Waals surface area contributed by atoms with E-state index in [-0.39, 0.29) is 30.2 Å². The van der Waals surface area contributed by atoms with Crippen LogP contribution in [0.25, 0.3) is 0 Å². The molecule has 0 aliphatic rings. The number of benzene rings is 2. The number of anilines is 1. The summed E-state index contributed by atoms with van der Waals surface area (Å²) in [5.41, 5.74) is 2.58. The van der Waals surface area contributed by atoms with Gasteiger partial charge >= 0.3 is 0 Å². The molecule has 0 bridgehead atoms. The van der Waals surface area contributed by atoms with Crippen molar-refractivity contribution in [2.24, 2.45) is 0 Å². The summed E-state index contributed by atoms with van der Waals surface area (Å²) >= 11 is 0. The number of nitrogens with zero attached hydrogens (tertiary/aromatic N) is 1. The third-order valence-corrected chi connectivity index (χ3v) is 5.18. The highest BCUT2D eigenvalue weighted by atomic mass is 19.1. The fourth-order valence-corrected chi connectivity index (χ4v) is 3.30. The molecule has 0 spiro atoms. The van der Waals surface area contributed by atoms with Crippen molar-refractivity contribution in [3.63, 3.8) is 0 Å². The van der Waals surface area contributed by atoms with Crippen LogP contribution in [0.5, 0.6) is 5.75 Å². The number of likely N-dealkylation sites (N-methyl/N-ethyl adjacent to an activating group) is 2. The van der Waals surface area contributed by atoms with E-state index in [0.717, 1.165) is 16.0 Å². The van der Waals surface area contributed by atoms with E-state index in [1.807, 2.05) is 45.0 Å². The van der Waals surface area contributed by atoms with Gasteiger partial charge in [-0.15, -0.1) is 0 Å². The zero-order valence-corrected chi connectivity index (χ0v) is 18.3. The molecule has 0 aromatic heterocycles. The van der Waals surface area contributed by atoms with Gasteiger partial charge in [-0.2, -0.15) is 0 Å². The van der Waals surface area contributed by atoms with Gasteiger partial charge in [0.2, 0.25) is 5.91 Å². The third-order valence-electron chi connectivity index (χ3n) is 5.18. The third kappa shape index (κ3) is 6.29. The molecule has 0 aliphatic heterocycles. The standard InChI is InChI=1S/C23H30FN3O3/c1-6-27(14-18-9-12-21(30-5)20(24)13-18)17(3)23(29)26(4)15-22(28)25-19-10-7-16(2)8-11-19/h7-13,17H,6,14-15H2,1-5H3,(H,25,28)/p+1/t17-/m0/s1. The quantitative estimate of drug-likeness (QED) is 0.658. The molecule has 2 aromatic rings. The highest BCUT2D eigenvalue weighted by Gasteiger charge is 2.28. The van der Waals surface area contributed by atoms with Gasteiger partial charge in [0, 0.05) is 18.3 Å². The van der Waals surface area contributed by atoms with Gasteiger partial charge in [0.05, 0.1) is 20.2 Å². The smallest absolute Gasteiger partial charge is 0.280 e. The molecule has 2 atom stereocenters. The minimum atomic E-state index is -0.422. The van der Waals surface area contributed by atoms with Gasteiger partial charge in [-0.25, -0.2) is 4.39 Å². The highest BCUT2D eigenvalue weighted by molar-refractivity contribution is 5.94. The Hall–Kier alpha value is -2.93. The summed E-state index contributed by atoms with van der Waals surface area (Å²) in [7, 11) is 3.04. The van der Waals surface area contributed by atoms with E-state index < -0.39 is 5.82 Å². The van der Waals surface area contributed by atoms with E-state index >= 15 is 0 Å². The zero-order valence-electron chi connectivity index (χ0n) is 18.3. The minimum Gasteiger partial charge on any atom is -0.494 e. The van der Waals surface area contributed by atoms with E-state index in [4.69, 9.17) is 4.74 Å². The monoisotopic (exact) mass is 416 g/mol. The molecule has 0 fully saturated rings. The topological polar surface area (TPSA) is 63.1 Å². The molecule has 0 saturated heterocycles. The van der Waals surface area contributed by atoms with Gasteiger partial charge in [-0.05, 0) is 51.1 Å². The van der Waals surface area contributed by atoms with Crippen molar-refractivity contribution in [1.29, 1.82) is 0 Å². The Morgan fingerprint density at radius 3 is 2.43 bits per heavy atom. The average molecular weight is 417 g/mol. The number of rotatable bonds is 9. The van der Waals surface area contributed by atoms with E-state index in [0.29, 0.717) is 18.8 Å². The van der Waals surface area contributed by atoms with Gasteiger partial charge in [-0.1, -0.05) is 17.7 Å². The van der Waals surface area contributed by atoms with E-state index in [1.54, 1.807) is 19.2 Å². The maximum atomic E-state index is 14.0. The van der Waals surface area contributed by atoms with Crippen LogP contribution in [0.3, 0.4) is 0 Å². The van der Waals surface area contributed by atoms with E-state index in [9.17, 15) is 14.0 Å². The van der Waals surface area contributed by atoms with Crippen LogP contribution < -0.4 is 15.0 Å². The maximum Gasteiger partial charge on any atom is 0.280 e. The fraction of sp³-hybridized carbons (Fsp3) is 0.391. The van der Waals surface area contributed by atoms with Crippen molar-refractivity contribution < 1.29 is 23.6 Å². The molecule has 2 aromatic carbocycles. The Kier molecular flexibility index (Phi) is 8.35. The number of quaternary nitrogens is 1. The average Bonchev–Trinajstić information content (AvgIpc) is 2.72. The number of halogens is 1. The summed E-state index contributed by atoms with van der Waals surface area (Å²) in [6.07, 6.45) is 0. The Morgan fingerprint density at radius 1 is 1.20 bits per heavy atom. The van der Waals surface area contributed by atoms with E-state index in [2.05, 4.69) is 5.32 Å². The molecule has 1 unspecified atom stereocenters. The molecular weight excluding hydrogens is 385 g/mol. The molecule has 0 aliphatic carbocycles. The molecule has 30 heavy (non-hydrogen) atoms. The summed E-state index contributed by atoms with van der Waals surface area (Å²) < 4.78 is 18.9. The van der Waals surface area contributed by atoms with Crippen LogP contribution in [-0.4, -0.2) is 50.0 Å². The lowest BCUT2D eigenvalue weighted by Gasteiger charge is -2.27. The number of methoxy groups -OCH3 is 1. The first-order valence-corrected chi connectivity index (χ1v) is 10.0. The number of aryl methyl sites for hydroxylation is 1. The van der Waals surface area contributed by atoms with Crippen molar-refractivity contribution in [3.05, 3.63) is 59.4 Å². The zero-order chi connectivity index (χ0) is 22.3. The Balaban J connectivity index is 1.96. The molecule has 6 nitrogen and oxygen atoms in total. The highest BCUT2D eigenvalue weighted by Crippen LogP contribution is 2.17. The van der Waals surface area contributed by atoms with Crippen LogP contribution in [-0.2, 0) is 16.1 Å². The first-order valence-electron chi connectivity index (χ1n) is 10.0. The van der Waals surface area contributed by atoms with Crippen molar-refractivity contribution in [2.75, 3.05) is 32.6 Å². The number of carbonyl (C=O) groups is 2. The van der Waals surface area contributed by atoms with Crippen LogP contribution in [0.15, 0.2) is 42.5 Å². The normalized spacial score (nSPS) is 12.7. The molecular formula is C23H31FN3O3+. The molecule has 2 amide bonds. The number of carbonyl (C=O) groups excluding carboxylic acids is 2. The molecule has 162 valence electrons. The summed E-state index contributed by atoms with van der Waals surface area (Å²) in [5.74, 6) is -0.619.